The lowest BCUT2D eigenvalue weighted by Crippen LogP contribution is -2.35. The topological polar surface area (TPSA) is 7.12 Å². The molecule has 0 bridgehead atoms. The Kier molecular flexibility index (Phi) is 8.10. The smallest absolute Gasteiger partial charge is 0.263 e. The SMILES string of the molecule is CC(C)(C)c1ccc(CN2/C(=C\C=C\c3sc4ccccc4[n+]3Cc3ccc(C(C)(C)C)cc3)Sc3ccccc32)cc1. The normalized spacial score (nSPS) is 14.7. The Morgan fingerprint density at radius 2 is 1.30 bits per heavy atom. The highest BCUT2D eigenvalue weighted by atomic mass is 32.2. The van der Waals surface area contributed by atoms with Crippen LogP contribution in [0.1, 0.15) is 68.8 Å². The quantitative estimate of drug-likeness (QED) is 0.179. The summed E-state index contributed by atoms with van der Waals surface area (Å²) in [5.74, 6) is 0. The summed E-state index contributed by atoms with van der Waals surface area (Å²) in [6.07, 6.45) is 6.79. The monoisotopic (exact) mass is 601 g/mol. The van der Waals surface area contributed by atoms with Gasteiger partial charge in [0.15, 0.2) is 6.54 Å². The summed E-state index contributed by atoms with van der Waals surface area (Å²) < 4.78 is 3.76. The van der Waals surface area contributed by atoms with Gasteiger partial charge in [0.05, 0.1) is 10.7 Å². The van der Waals surface area contributed by atoms with Gasteiger partial charge in [-0.3, -0.25) is 0 Å². The summed E-state index contributed by atoms with van der Waals surface area (Å²) >= 11 is 3.71. The number of fused-ring (bicyclic) bond motifs is 2. The number of thiazole rings is 1. The first kappa shape index (κ1) is 29.5. The van der Waals surface area contributed by atoms with E-state index in [4.69, 9.17) is 0 Å². The van der Waals surface area contributed by atoms with Crippen molar-refractivity contribution >= 4 is 45.1 Å². The Bertz CT molecular complexity index is 1790. The van der Waals surface area contributed by atoms with Crippen molar-refractivity contribution in [1.29, 1.82) is 0 Å². The van der Waals surface area contributed by atoms with Gasteiger partial charge in [-0.1, -0.05) is 144 Å². The van der Waals surface area contributed by atoms with Crippen LogP contribution in [0.15, 0.2) is 119 Å². The molecule has 0 aliphatic carbocycles. The van der Waals surface area contributed by atoms with Crippen LogP contribution in [0.5, 0.6) is 0 Å². The van der Waals surface area contributed by atoms with Gasteiger partial charge >= 0.3 is 0 Å². The Labute approximate surface area is 265 Å². The van der Waals surface area contributed by atoms with Crippen molar-refractivity contribution in [3.05, 3.63) is 142 Å². The molecule has 0 saturated carbocycles. The lowest BCUT2D eigenvalue weighted by molar-refractivity contribution is -0.659. The fourth-order valence-corrected chi connectivity index (χ4v) is 7.63. The average molecular weight is 602 g/mol. The van der Waals surface area contributed by atoms with Crippen molar-refractivity contribution in [2.75, 3.05) is 4.90 Å². The predicted octanol–water partition coefficient (Wildman–Crippen LogP) is 10.5. The Morgan fingerprint density at radius 3 is 1.98 bits per heavy atom. The van der Waals surface area contributed by atoms with Gasteiger partial charge in [0.25, 0.3) is 5.01 Å². The number of allylic oxidation sites excluding steroid dienone is 2. The third-order valence-electron chi connectivity index (χ3n) is 8.07. The van der Waals surface area contributed by atoms with Crippen molar-refractivity contribution in [2.24, 2.45) is 0 Å². The second-order valence-electron chi connectivity index (χ2n) is 13.4. The molecule has 0 fully saturated rings. The number of hydrogen-bond acceptors (Lipinski definition) is 3. The first-order chi connectivity index (χ1) is 20.6. The number of para-hydroxylation sites is 2. The van der Waals surface area contributed by atoms with Crippen LogP contribution in [0.3, 0.4) is 0 Å². The van der Waals surface area contributed by atoms with E-state index in [9.17, 15) is 0 Å². The second kappa shape index (κ2) is 11.8. The van der Waals surface area contributed by atoms with Crippen LogP contribution in [0, 0.1) is 0 Å². The van der Waals surface area contributed by atoms with Crippen LogP contribution < -0.4 is 9.47 Å². The molecule has 2 nitrogen and oxygen atoms in total. The van der Waals surface area contributed by atoms with E-state index in [1.807, 2.05) is 23.1 Å². The summed E-state index contributed by atoms with van der Waals surface area (Å²) in [7, 11) is 0. The van der Waals surface area contributed by atoms with Crippen molar-refractivity contribution in [3.63, 3.8) is 0 Å². The van der Waals surface area contributed by atoms with Gasteiger partial charge < -0.3 is 4.90 Å². The van der Waals surface area contributed by atoms with E-state index >= 15 is 0 Å². The van der Waals surface area contributed by atoms with Gasteiger partial charge in [-0.25, -0.2) is 0 Å². The highest BCUT2D eigenvalue weighted by molar-refractivity contribution is 8.03. The van der Waals surface area contributed by atoms with Crippen molar-refractivity contribution in [3.8, 4) is 0 Å². The minimum Gasteiger partial charge on any atom is -0.331 e. The second-order valence-corrected chi connectivity index (χ2v) is 15.5. The maximum absolute atomic E-state index is 2.45. The lowest BCUT2D eigenvalue weighted by Gasteiger charge is -2.22. The van der Waals surface area contributed by atoms with E-state index in [1.54, 1.807) is 0 Å². The third-order valence-corrected chi connectivity index (χ3v) is 10.3. The molecule has 43 heavy (non-hydrogen) atoms. The predicted molar refractivity (Wildman–Crippen MR) is 187 cm³/mol. The van der Waals surface area contributed by atoms with Gasteiger partial charge in [0, 0.05) is 29.1 Å². The molecule has 5 aromatic rings. The zero-order valence-electron chi connectivity index (χ0n) is 26.1. The van der Waals surface area contributed by atoms with Gasteiger partial charge in [0.2, 0.25) is 5.52 Å². The third kappa shape index (κ3) is 6.51. The molecule has 6 rings (SSSR count). The Hall–Kier alpha value is -3.60. The largest absolute Gasteiger partial charge is 0.331 e. The number of benzene rings is 4. The molecule has 0 atom stereocenters. The minimum absolute atomic E-state index is 0.157. The van der Waals surface area contributed by atoms with Crippen LogP contribution in [-0.2, 0) is 23.9 Å². The number of anilines is 1. The summed E-state index contributed by atoms with van der Waals surface area (Å²) in [5, 5.41) is 2.51. The van der Waals surface area contributed by atoms with E-state index in [1.165, 1.54) is 53.1 Å². The maximum Gasteiger partial charge on any atom is 0.263 e. The van der Waals surface area contributed by atoms with E-state index in [-0.39, 0.29) is 10.8 Å². The van der Waals surface area contributed by atoms with Crippen molar-refractivity contribution in [2.45, 2.75) is 70.4 Å². The highest BCUT2D eigenvalue weighted by Crippen LogP contribution is 2.46. The molecule has 1 aromatic heterocycles. The first-order valence-electron chi connectivity index (χ1n) is 15.1. The van der Waals surface area contributed by atoms with Gasteiger partial charge in [-0.15, -0.1) is 0 Å². The molecule has 0 amide bonds. The zero-order chi connectivity index (χ0) is 30.2. The van der Waals surface area contributed by atoms with E-state index in [0.717, 1.165) is 13.1 Å². The fourth-order valence-electron chi connectivity index (χ4n) is 5.48. The standard InChI is InChI=1S/C39H41N2S2/c1-38(2,3)30-22-18-28(19-23-30)26-40-32-12-7-9-14-34(32)42-36(40)16-11-17-37-41(33-13-8-10-15-35(33)43-37)27-29-20-24-31(25-21-29)39(4,5)6/h7-25H,26-27H2,1-6H3/q+1. The molecule has 0 radical (unpaired) electrons. The zero-order valence-corrected chi connectivity index (χ0v) is 27.7. The molecule has 218 valence electrons. The molecule has 0 saturated heterocycles. The van der Waals surface area contributed by atoms with Gasteiger partial charge in [0.1, 0.15) is 4.70 Å². The summed E-state index contributed by atoms with van der Waals surface area (Å²) in [6.45, 7) is 15.3. The molecule has 0 spiro atoms. The van der Waals surface area contributed by atoms with Crippen LogP contribution in [0.2, 0.25) is 0 Å². The number of rotatable bonds is 6. The molecular formula is C39H41N2S2+. The summed E-state index contributed by atoms with van der Waals surface area (Å²) in [6, 6.07) is 35.8. The van der Waals surface area contributed by atoms with E-state index in [0.29, 0.717) is 0 Å². The minimum atomic E-state index is 0.157. The Balaban J connectivity index is 1.29. The molecule has 4 aromatic carbocycles. The molecule has 1 aliphatic rings. The molecule has 4 heteroatoms. The van der Waals surface area contributed by atoms with E-state index < -0.39 is 0 Å². The number of hydrogen-bond donors (Lipinski definition) is 0. The lowest BCUT2D eigenvalue weighted by atomic mass is 9.87. The van der Waals surface area contributed by atoms with Gasteiger partial charge in [-0.05, 0) is 51.8 Å². The van der Waals surface area contributed by atoms with Crippen LogP contribution in [-0.4, -0.2) is 0 Å². The molecule has 1 aliphatic heterocycles. The van der Waals surface area contributed by atoms with Crippen LogP contribution in [0.4, 0.5) is 5.69 Å². The Morgan fingerprint density at radius 1 is 0.698 bits per heavy atom. The van der Waals surface area contributed by atoms with Crippen molar-refractivity contribution < 1.29 is 4.57 Å². The first-order valence-corrected chi connectivity index (χ1v) is 16.7. The maximum atomic E-state index is 2.45. The molecule has 2 heterocycles. The molecular weight excluding hydrogens is 561 g/mol. The summed E-state index contributed by atoms with van der Waals surface area (Å²) in [4.78, 5) is 3.76. The van der Waals surface area contributed by atoms with Crippen LogP contribution in [0.25, 0.3) is 16.3 Å². The number of thioether (sulfide) groups is 1. The molecule has 0 N–H and O–H groups in total. The molecule has 0 unspecified atom stereocenters. The van der Waals surface area contributed by atoms with Gasteiger partial charge in [-0.2, -0.15) is 4.57 Å². The fraction of sp³-hybridized carbons (Fsp3) is 0.256. The highest BCUT2D eigenvalue weighted by Gasteiger charge is 2.25. The number of nitrogens with zero attached hydrogens (tertiary/aromatic N) is 2. The summed E-state index contributed by atoms with van der Waals surface area (Å²) in [5.41, 5.74) is 8.25. The average Bonchev–Trinajstić information content (AvgIpc) is 3.50. The van der Waals surface area contributed by atoms with E-state index in [2.05, 4.69) is 166 Å². The van der Waals surface area contributed by atoms with Crippen molar-refractivity contribution in [1.82, 2.24) is 0 Å². The number of aromatic nitrogens is 1. The van der Waals surface area contributed by atoms with Crippen LogP contribution >= 0.6 is 23.1 Å².